The number of hydrogen-bond acceptors (Lipinski definition) is 6. The number of anilines is 1. The van der Waals surface area contributed by atoms with Gasteiger partial charge in [0.2, 0.25) is 5.91 Å². The van der Waals surface area contributed by atoms with E-state index in [9.17, 15) is 18.4 Å². The van der Waals surface area contributed by atoms with Gasteiger partial charge in [-0.3, -0.25) is 4.79 Å². The first-order valence-electron chi connectivity index (χ1n) is 8.38. The summed E-state index contributed by atoms with van der Waals surface area (Å²) in [5.41, 5.74) is -0.202. The van der Waals surface area contributed by atoms with Crippen LogP contribution in [0.5, 0.6) is 17.2 Å². The van der Waals surface area contributed by atoms with E-state index in [2.05, 4.69) is 14.8 Å². The van der Waals surface area contributed by atoms with E-state index in [4.69, 9.17) is 32.7 Å². The molecule has 0 heterocycles. The molecule has 2 aromatic carbocycles. The van der Waals surface area contributed by atoms with Gasteiger partial charge >= 0.3 is 12.6 Å². The van der Waals surface area contributed by atoms with Gasteiger partial charge in [-0.1, -0.05) is 29.3 Å². The Bertz CT molecular complexity index is 926. The Morgan fingerprint density at radius 1 is 1.10 bits per heavy atom. The largest absolute Gasteiger partial charge is 0.493 e. The Balaban J connectivity index is 2.15. The van der Waals surface area contributed by atoms with Crippen molar-refractivity contribution < 1.29 is 37.3 Å². The minimum atomic E-state index is -3.14. The molecule has 1 N–H and O–H groups in total. The van der Waals surface area contributed by atoms with Crippen molar-refractivity contribution >= 4 is 40.8 Å². The predicted octanol–water partition coefficient (Wildman–Crippen LogP) is 4.80. The first-order valence-corrected chi connectivity index (χ1v) is 9.14. The maximum Gasteiger partial charge on any atom is 0.387 e. The lowest BCUT2D eigenvalue weighted by molar-refractivity contribution is -0.116. The minimum Gasteiger partial charge on any atom is -0.493 e. The molecular formula is C19H17Cl2F2NO6. The smallest absolute Gasteiger partial charge is 0.387 e. The SMILES string of the molecule is COC(=O)c1cc(OC)c(OC(F)F)cc1NC(=O)CCOc1cccc(Cl)c1Cl. The van der Waals surface area contributed by atoms with Gasteiger partial charge in [0.25, 0.3) is 0 Å². The second kappa shape index (κ2) is 10.8. The Hall–Kier alpha value is -2.78. The van der Waals surface area contributed by atoms with E-state index in [1.54, 1.807) is 18.2 Å². The maximum absolute atomic E-state index is 12.7. The lowest BCUT2D eigenvalue weighted by Gasteiger charge is -2.16. The van der Waals surface area contributed by atoms with Crippen LogP contribution in [0.2, 0.25) is 10.0 Å². The molecule has 0 aliphatic heterocycles. The Morgan fingerprint density at radius 3 is 2.47 bits per heavy atom. The van der Waals surface area contributed by atoms with Crippen molar-refractivity contribution in [2.24, 2.45) is 0 Å². The van der Waals surface area contributed by atoms with Crippen LogP contribution in [0.1, 0.15) is 16.8 Å². The monoisotopic (exact) mass is 463 g/mol. The second-order valence-corrected chi connectivity index (χ2v) is 6.40. The number of ether oxygens (including phenoxy) is 4. The van der Waals surface area contributed by atoms with E-state index in [-0.39, 0.29) is 40.8 Å². The number of esters is 1. The fraction of sp³-hybridized carbons (Fsp3) is 0.263. The van der Waals surface area contributed by atoms with Gasteiger partial charge in [-0.05, 0) is 12.1 Å². The molecule has 7 nitrogen and oxygen atoms in total. The molecule has 0 bridgehead atoms. The lowest BCUT2D eigenvalue weighted by atomic mass is 10.1. The number of halogens is 4. The van der Waals surface area contributed by atoms with Crippen LogP contribution in [0, 0.1) is 0 Å². The summed E-state index contributed by atoms with van der Waals surface area (Å²) in [5, 5.41) is 2.95. The fourth-order valence-corrected chi connectivity index (χ4v) is 2.70. The number of carbonyl (C=O) groups excluding carboxylic acids is 2. The van der Waals surface area contributed by atoms with Gasteiger partial charge in [0.05, 0.1) is 43.5 Å². The maximum atomic E-state index is 12.7. The number of nitrogens with one attached hydrogen (secondary N) is 1. The Labute approximate surface area is 180 Å². The molecule has 2 rings (SSSR count). The average molecular weight is 464 g/mol. The molecule has 11 heteroatoms. The summed E-state index contributed by atoms with van der Waals surface area (Å²) in [6.07, 6.45) is -0.138. The number of hydrogen-bond donors (Lipinski definition) is 1. The van der Waals surface area contributed by atoms with Crippen molar-refractivity contribution in [1.29, 1.82) is 0 Å². The summed E-state index contributed by atoms with van der Waals surface area (Å²) in [5.74, 6) is -1.57. The van der Waals surface area contributed by atoms with E-state index in [1.165, 1.54) is 7.11 Å². The fourth-order valence-electron chi connectivity index (χ4n) is 2.35. The Morgan fingerprint density at radius 2 is 1.83 bits per heavy atom. The zero-order valence-electron chi connectivity index (χ0n) is 15.8. The minimum absolute atomic E-state index is 0.0595. The molecule has 0 atom stereocenters. The molecule has 162 valence electrons. The molecule has 30 heavy (non-hydrogen) atoms. The highest BCUT2D eigenvalue weighted by Gasteiger charge is 2.21. The number of benzene rings is 2. The van der Waals surface area contributed by atoms with Crippen molar-refractivity contribution in [3.05, 3.63) is 45.9 Å². The highest BCUT2D eigenvalue weighted by Crippen LogP contribution is 2.35. The highest BCUT2D eigenvalue weighted by molar-refractivity contribution is 6.42. The number of carbonyl (C=O) groups is 2. The van der Waals surface area contributed by atoms with Crippen molar-refractivity contribution in [2.75, 3.05) is 26.1 Å². The summed E-state index contributed by atoms with van der Waals surface area (Å²) in [7, 11) is 2.35. The molecule has 0 saturated carbocycles. The van der Waals surface area contributed by atoms with Gasteiger partial charge in [0.1, 0.15) is 10.8 Å². The molecule has 0 aromatic heterocycles. The van der Waals surface area contributed by atoms with Gasteiger partial charge in [0.15, 0.2) is 11.5 Å². The van der Waals surface area contributed by atoms with E-state index in [0.29, 0.717) is 10.8 Å². The first kappa shape index (κ1) is 23.5. The second-order valence-electron chi connectivity index (χ2n) is 5.62. The first-order chi connectivity index (χ1) is 14.3. The summed E-state index contributed by atoms with van der Waals surface area (Å²) in [6, 6.07) is 6.97. The summed E-state index contributed by atoms with van der Waals surface area (Å²) < 4.78 is 44.7. The zero-order valence-corrected chi connectivity index (χ0v) is 17.4. The average Bonchev–Trinajstić information content (AvgIpc) is 2.70. The number of amides is 1. The third kappa shape index (κ3) is 6.11. The standard InChI is InChI=1S/C19H17Cl2F2NO6/c1-27-14-8-10(18(26)28-2)12(9-15(14)30-19(22)23)24-16(25)6-7-29-13-5-3-4-11(20)17(13)21/h3-5,8-9,19H,6-7H2,1-2H3,(H,24,25). The van der Waals surface area contributed by atoms with Crippen LogP contribution in [0.25, 0.3) is 0 Å². The van der Waals surface area contributed by atoms with E-state index < -0.39 is 18.5 Å². The van der Waals surface area contributed by atoms with Gasteiger partial charge in [0, 0.05) is 12.1 Å². The van der Waals surface area contributed by atoms with Crippen molar-refractivity contribution in [1.82, 2.24) is 0 Å². The molecule has 0 saturated heterocycles. The molecule has 0 aliphatic carbocycles. The quantitative estimate of drug-likeness (QED) is 0.537. The van der Waals surface area contributed by atoms with Gasteiger partial charge in [-0.2, -0.15) is 8.78 Å². The molecule has 0 radical (unpaired) electrons. The van der Waals surface area contributed by atoms with Crippen LogP contribution in [-0.4, -0.2) is 39.3 Å². The third-order valence-electron chi connectivity index (χ3n) is 3.70. The van der Waals surface area contributed by atoms with Crippen LogP contribution < -0.4 is 19.5 Å². The van der Waals surface area contributed by atoms with E-state index in [0.717, 1.165) is 19.2 Å². The molecule has 0 aliphatic rings. The van der Waals surface area contributed by atoms with Crippen LogP contribution >= 0.6 is 23.2 Å². The zero-order chi connectivity index (χ0) is 22.3. The molecule has 0 unspecified atom stereocenters. The van der Waals surface area contributed by atoms with Crippen molar-refractivity contribution in [2.45, 2.75) is 13.0 Å². The topological polar surface area (TPSA) is 83.1 Å². The molecular weight excluding hydrogens is 447 g/mol. The molecule has 1 amide bonds. The van der Waals surface area contributed by atoms with Gasteiger partial charge in [-0.15, -0.1) is 0 Å². The highest BCUT2D eigenvalue weighted by atomic mass is 35.5. The molecule has 2 aromatic rings. The van der Waals surface area contributed by atoms with Crippen LogP contribution in [0.3, 0.4) is 0 Å². The van der Waals surface area contributed by atoms with Gasteiger partial charge < -0.3 is 24.3 Å². The molecule has 0 fully saturated rings. The normalized spacial score (nSPS) is 10.5. The van der Waals surface area contributed by atoms with Crippen molar-refractivity contribution in [3.63, 3.8) is 0 Å². The summed E-state index contributed by atoms with van der Waals surface area (Å²) >= 11 is 11.9. The summed E-state index contributed by atoms with van der Waals surface area (Å²) in [6.45, 7) is -3.20. The number of methoxy groups -OCH3 is 2. The van der Waals surface area contributed by atoms with Gasteiger partial charge in [-0.25, -0.2) is 4.79 Å². The lowest BCUT2D eigenvalue weighted by Crippen LogP contribution is -2.18. The van der Waals surface area contributed by atoms with Crippen LogP contribution in [0.15, 0.2) is 30.3 Å². The molecule has 0 spiro atoms. The van der Waals surface area contributed by atoms with Crippen LogP contribution in [0.4, 0.5) is 14.5 Å². The Kier molecular flexibility index (Phi) is 8.49. The third-order valence-corrected chi connectivity index (χ3v) is 4.50. The number of rotatable bonds is 9. The predicted molar refractivity (Wildman–Crippen MR) is 106 cm³/mol. The summed E-state index contributed by atoms with van der Waals surface area (Å²) in [4.78, 5) is 24.3. The van der Waals surface area contributed by atoms with E-state index >= 15 is 0 Å². The van der Waals surface area contributed by atoms with E-state index in [1.807, 2.05) is 0 Å². The van der Waals surface area contributed by atoms with Crippen LogP contribution in [-0.2, 0) is 9.53 Å². The number of alkyl halides is 2. The van der Waals surface area contributed by atoms with Crippen molar-refractivity contribution in [3.8, 4) is 17.2 Å².